The summed E-state index contributed by atoms with van der Waals surface area (Å²) in [4.78, 5) is 69.9. The third kappa shape index (κ3) is 7.60. The van der Waals surface area contributed by atoms with Crippen LogP contribution in [0.2, 0.25) is 0 Å². The first-order valence-corrected chi connectivity index (χ1v) is 18.3. The maximum Gasteiger partial charge on any atom is 0.262 e. The molecule has 4 amide bonds. The van der Waals surface area contributed by atoms with Crippen LogP contribution in [0.15, 0.2) is 66.0 Å². The number of likely N-dealkylation sites (N-methyl/N-ethyl adjacent to an activating group) is 1. The third-order valence-corrected chi connectivity index (χ3v) is 10.1. The summed E-state index contributed by atoms with van der Waals surface area (Å²) in [6.45, 7) is 2.30. The van der Waals surface area contributed by atoms with Gasteiger partial charge in [0.2, 0.25) is 11.8 Å². The highest BCUT2D eigenvalue weighted by molar-refractivity contribution is 6.23. The quantitative estimate of drug-likeness (QED) is 0.122. The first-order valence-electron chi connectivity index (χ1n) is 18.3. The normalized spacial score (nSPS) is 15.4. The number of imide groups is 2. The van der Waals surface area contributed by atoms with Gasteiger partial charge in [0.25, 0.3) is 17.4 Å². The fourth-order valence-electron chi connectivity index (χ4n) is 7.16. The predicted octanol–water partition coefficient (Wildman–Crippen LogP) is 3.14. The number of pyridine rings is 2. The average molecular weight is 763 g/mol. The molecule has 1 atom stereocenters. The highest BCUT2D eigenvalue weighted by atomic mass is 16.5. The number of nitrogens with one attached hydrogen (secondary N) is 1. The van der Waals surface area contributed by atoms with Crippen molar-refractivity contribution in [2.45, 2.75) is 51.2 Å². The lowest BCUT2D eigenvalue weighted by Crippen LogP contribution is -2.54. The summed E-state index contributed by atoms with van der Waals surface area (Å²) >= 11 is 0. The van der Waals surface area contributed by atoms with E-state index in [1.165, 1.54) is 12.1 Å². The molecule has 290 valence electrons. The van der Waals surface area contributed by atoms with Gasteiger partial charge in [-0.25, -0.2) is 0 Å². The Morgan fingerprint density at radius 1 is 0.911 bits per heavy atom. The third-order valence-electron chi connectivity index (χ3n) is 10.1. The van der Waals surface area contributed by atoms with E-state index in [2.05, 4.69) is 25.5 Å². The second kappa shape index (κ2) is 16.1. The molecule has 0 aliphatic carbocycles. The minimum atomic E-state index is -1.01. The van der Waals surface area contributed by atoms with Crippen molar-refractivity contribution in [2.75, 3.05) is 34.4 Å². The number of hydrogen-bond donors (Lipinski definition) is 1. The number of hydrogen-bond acceptors (Lipinski definition) is 12. The van der Waals surface area contributed by atoms with E-state index >= 15 is 0 Å². The zero-order chi connectivity index (χ0) is 39.5. The van der Waals surface area contributed by atoms with Gasteiger partial charge in [0.05, 0.1) is 48.6 Å². The Morgan fingerprint density at radius 2 is 1.68 bits per heavy atom. The summed E-state index contributed by atoms with van der Waals surface area (Å²) in [6, 6.07) is 9.46. The maximum atomic E-state index is 13.1. The highest BCUT2D eigenvalue weighted by Gasteiger charge is 2.44. The molecular weight excluding hydrogens is 720 g/mol. The van der Waals surface area contributed by atoms with E-state index in [-0.39, 0.29) is 29.5 Å². The number of benzene rings is 2. The standard InChI is InChI=1S/C40H42N8O8/c1-45(22-32-34(54-3)17-24(18-35(32)55-4)31-23-46(2)38(51)30-20-41-13-11-27(30)31)15-12-25-21-47(44-43-25)14-5-6-16-56-26-7-8-28-29(19-26)40(53)48(39(28)52)33-9-10-36(49)42-37(33)50/h7-8,11,13,17-21,23,33H,5-6,9-10,12,14-16,22H2,1-4H3,(H,42,49,50). The molecule has 1 fully saturated rings. The second-order valence-electron chi connectivity index (χ2n) is 13.9. The molecule has 1 unspecified atom stereocenters. The first kappa shape index (κ1) is 37.9. The summed E-state index contributed by atoms with van der Waals surface area (Å²) in [5.74, 6) is -0.391. The molecule has 5 heterocycles. The van der Waals surface area contributed by atoms with Gasteiger partial charge < -0.3 is 23.7 Å². The Labute approximate surface area is 322 Å². The van der Waals surface area contributed by atoms with Crippen molar-refractivity contribution < 1.29 is 33.4 Å². The zero-order valence-corrected chi connectivity index (χ0v) is 31.6. The molecule has 0 spiro atoms. The molecule has 0 saturated carbocycles. The highest BCUT2D eigenvalue weighted by Crippen LogP contribution is 2.38. The van der Waals surface area contributed by atoms with E-state index in [1.54, 1.807) is 44.3 Å². The smallest absolute Gasteiger partial charge is 0.262 e. The van der Waals surface area contributed by atoms with Crippen molar-refractivity contribution in [1.29, 1.82) is 0 Å². The molecule has 3 aromatic heterocycles. The number of carbonyl (C=O) groups excluding carboxylic acids is 4. The summed E-state index contributed by atoms with van der Waals surface area (Å²) in [5.41, 5.74) is 3.77. The van der Waals surface area contributed by atoms with Crippen molar-refractivity contribution in [3.8, 4) is 28.4 Å². The number of carbonyl (C=O) groups is 4. The van der Waals surface area contributed by atoms with Crippen molar-refractivity contribution in [3.05, 3.63) is 93.9 Å². The molecule has 7 rings (SSSR count). The van der Waals surface area contributed by atoms with Gasteiger partial charge in [-0.05, 0) is 73.7 Å². The van der Waals surface area contributed by atoms with Gasteiger partial charge in [-0.2, -0.15) is 0 Å². The number of piperidine rings is 1. The van der Waals surface area contributed by atoms with E-state index < -0.39 is 29.7 Å². The summed E-state index contributed by atoms with van der Waals surface area (Å²) in [7, 11) is 7.01. The molecule has 1 saturated heterocycles. The second-order valence-corrected chi connectivity index (χ2v) is 13.9. The number of nitrogens with zero attached hydrogens (tertiary/aromatic N) is 7. The van der Waals surface area contributed by atoms with Crippen molar-refractivity contribution in [1.82, 2.24) is 39.7 Å². The number of aryl methyl sites for hydroxylation is 2. The van der Waals surface area contributed by atoms with Crippen molar-refractivity contribution in [3.63, 3.8) is 0 Å². The molecular formula is C40H42N8O8. The van der Waals surface area contributed by atoms with Crippen LogP contribution in [0.25, 0.3) is 21.9 Å². The zero-order valence-electron chi connectivity index (χ0n) is 31.6. The lowest BCUT2D eigenvalue weighted by atomic mass is 9.99. The van der Waals surface area contributed by atoms with Gasteiger partial charge in [0, 0.05) is 69.9 Å². The fraction of sp³-hybridized carbons (Fsp3) is 0.350. The van der Waals surface area contributed by atoms with Crippen LogP contribution in [0.4, 0.5) is 0 Å². The number of fused-ring (bicyclic) bond motifs is 2. The maximum absolute atomic E-state index is 13.1. The van der Waals surface area contributed by atoms with E-state index in [0.717, 1.165) is 39.1 Å². The van der Waals surface area contributed by atoms with E-state index in [9.17, 15) is 24.0 Å². The number of aromatic nitrogens is 5. The summed E-state index contributed by atoms with van der Waals surface area (Å²) in [6.07, 6.45) is 9.35. The summed E-state index contributed by atoms with van der Waals surface area (Å²) in [5, 5.41) is 12.2. The van der Waals surface area contributed by atoms with Gasteiger partial charge in [-0.1, -0.05) is 5.21 Å². The monoisotopic (exact) mass is 762 g/mol. The molecule has 5 aromatic rings. The molecule has 0 radical (unpaired) electrons. The lowest BCUT2D eigenvalue weighted by Gasteiger charge is -2.27. The van der Waals surface area contributed by atoms with Gasteiger partial charge in [-0.15, -0.1) is 5.10 Å². The Bertz CT molecular complexity index is 2380. The van der Waals surface area contributed by atoms with E-state index in [4.69, 9.17) is 14.2 Å². The minimum Gasteiger partial charge on any atom is -0.496 e. The number of amides is 4. The Morgan fingerprint density at radius 3 is 2.43 bits per heavy atom. The number of rotatable bonds is 15. The molecule has 0 bridgehead atoms. The van der Waals surface area contributed by atoms with Gasteiger partial charge >= 0.3 is 0 Å². The largest absolute Gasteiger partial charge is 0.496 e. The fourth-order valence-corrected chi connectivity index (χ4v) is 7.16. The van der Waals surface area contributed by atoms with Crippen LogP contribution in [0, 0.1) is 0 Å². The Kier molecular flexibility index (Phi) is 10.9. The molecule has 2 aliphatic rings. The van der Waals surface area contributed by atoms with Gasteiger partial charge in [0.1, 0.15) is 23.3 Å². The van der Waals surface area contributed by atoms with E-state index in [0.29, 0.717) is 61.7 Å². The predicted molar refractivity (Wildman–Crippen MR) is 203 cm³/mol. The van der Waals surface area contributed by atoms with Gasteiger partial charge in [-0.3, -0.25) is 43.9 Å². The summed E-state index contributed by atoms with van der Waals surface area (Å²) < 4.78 is 20.9. The average Bonchev–Trinajstić information content (AvgIpc) is 3.76. The Balaban J connectivity index is 0.893. The van der Waals surface area contributed by atoms with Crippen molar-refractivity contribution >= 4 is 34.4 Å². The lowest BCUT2D eigenvalue weighted by molar-refractivity contribution is -0.136. The number of unbranched alkanes of at least 4 members (excludes halogenated alkanes) is 1. The van der Waals surface area contributed by atoms with Crippen LogP contribution < -0.4 is 25.1 Å². The number of methoxy groups -OCH3 is 2. The van der Waals surface area contributed by atoms with Crippen LogP contribution in [0.3, 0.4) is 0 Å². The SMILES string of the molecule is COc1cc(-c2cn(C)c(=O)c3cnccc23)cc(OC)c1CN(C)CCc1cn(CCCCOc2ccc3c(c2)C(=O)N(C2CCC(=O)NC2=O)C3=O)nn1. The van der Waals surface area contributed by atoms with Crippen molar-refractivity contribution in [2.24, 2.45) is 7.05 Å². The first-order chi connectivity index (χ1) is 27.1. The molecule has 56 heavy (non-hydrogen) atoms. The van der Waals surface area contributed by atoms with Crippen LogP contribution >= 0.6 is 0 Å². The van der Waals surface area contributed by atoms with Crippen LogP contribution in [-0.2, 0) is 36.1 Å². The Hall–Kier alpha value is -6.42. The molecule has 16 nitrogen and oxygen atoms in total. The number of ether oxygens (including phenoxy) is 3. The van der Waals surface area contributed by atoms with Crippen LogP contribution in [-0.4, -0.2) is 98.4 Å². The topological polar surface area (TPSA) is 180 Å². The van der Waals surface area contributed by atoms with E-state index in [1.807, 2.05) is 42.3 Å². The minimum absolute atomic E-state index is 0.0629. The molecule has 1 N–H and O–H groups in total. The molecule has 2 aromatic carbocycles. The van der Waals surface area contributed by atoms with Crippen LogP contribution in [0.1, 0.15) is 57.7 Å². The molecule has 2 aliphatic heterocycles. The van der Waals surface area contributed by atoms with Crippen LogP contribution in [0.5, 0.6) is 17.2 Å². The van der Waals surface area contributed by atoms with Gasteiger partial charge in [0.15, 0.2) is 0 Å². The molecule has 16 heteroatoms.